The van der Waals surface area contributed by atoms with E-state index in [1.54, 1.807) is 50.3 Å². The van der Waals surface area contributed by atoms with Crippen LogP contribution in [0.15, 0.2) is 63.5 Å². The molecule has 0 bridgehead atoms. The highest BCUT2D eigenvalue weighted by atomic mass is 35.5. The van der Waals surface area contributed by atoms with E-state index >= 15 is 0 Å². The number of aromatic nitrogens is 1. The molecule has 2 heterocycles. The third kappa shape index (κ3) is 4.36. The summed E-state index contributed by atoms with van der Waals surface area (Å²) in [6.45, 7) is 3.57. The lowest BCUT2D eigenvalue weighted by atomic mass is 9.96. The fourth-order valence-electron chi connectivity index (χ4n) is 3.71. The van der Waals surface area contributed by atoms with E-state index in [-0.39, 0.29) is 17.7 Å². The van der Waals surface area contributed by atoms with Crippen molar-refractivity contribution >= 4 is 35.0 Å². The number of halogens is 2. The first-order chi connectivity index (χ1) is 15.8. The number of ether oxygens (including phenoxy) is 2. The number of hydrogen-bond donors (Lipinski definition) is 0. The van der Waals surface area contributed by atoms with Crippen molar-refractivity contribution in [3.63, 3.8) is 0 Å². The van der Waals surface area contributed by atoms with Crippen molar-refractivity contribution in [2.24, 2.45) is 4.99 Å². The van der Waals surface area contributed by atoms with E-state index in [4.69, 9.17) is 21.1 Å². The first-order valence-corrected chi connectivity index (χ1v) is 11.3. The summed E-state index contributed by atoms with van der Waals surface area (Å²) in [6, 6.07) is 10.00. The van der Waals surface area contributed by atoms with Crippen LogP contribution >= 0.6 is 22.9 Å². The second-order valence-corrected chi connectivity index (χ2v) is 8.69. The molecule has 1 aromatic heterocycles. The molecule has 170 valence electrons. The number of benzene rings is 2. The first-order valence-electron chi connectivity index (χ1n) is 10.1. The summed E-state index contributed by atoms with van der Waals surface area (Å²) in [7, 11) is 1.53. The van der Waals surface area contributed by atoms with Crippen molar-refractivity contribution in [1.82, 2.24) is 4.57 Å². The fraction of sp³-hybridized carbons (Fsp3) is 0.208. The molecule has 0 saturated carbocycles. The van der Waals surface area contributed by atoms with Crippen LogP contribution in [0.2, 0.25) is 5.02 Å². The van der Waals surface area contributed by atoms with Gasteiger partial charge in [-0.2, -0.15) is 0 Å². The SMILES string of the molecule is CCOC(=O)C1=C(C)N=c2s/c(=C/c3cc(Cl)ccc3OC)c(=O)n2C1c1ccc(F)cc1. The number of rotatable bonds is 5. The van der Waals surface area contributed by atoms with Gasteiger partial charge in [0.1, 0.15) is 11.6 Å². The largest absolute Gasteiger partial charge is 0.496 e. The van der Waals surface area contributed by atoms with Crippen molar-refractivity contribution in [3.8, 4) is 5.75 Å². The zero-order valence-electron chi connectivity index (χ0n) is 18.1. The van der Waals surface area contributed by atoms with E-state index in [0.717, 1.165) is 0 Å². The summed E-state index contributed by atoms with van der Waals surface area (Å²) in [6.07, 6.45) is 1.68. The Bertz CT molecular complexity index is 1440. The van der Waals surface area contributed by atoms with Crippen LogP contribution in [0.3, 0.4) is 0 Å². The van der Waals surface area contributed by atoms with Gasteiger partial charge in [-0.25, -0.2) is 14.2 Å². The lowest BCUT2D eigenvalue weighted by Gasteiger charge is -2.24. The number of thiazole rings is 1. The van der Waals surface area contributed by atoms with Gasteiger partial charge in [0.15, 0.2) is 4.80 Å². The Labute approximate surface area is 197 Å². The van der Waals surface area contributed by atoms with Crippen molar-refractivity contribution in [1.29, 1.82) is 0 Å². The molecule has 1 aliphatic heterocycles. The number of carbonyl (C=O) groups is 1. The number of allylic oxidation sites excluding steroid dienone is 1. The van der Waals surface area contributed by atoms with Gasteiger partial charge in [0, 0.05) is 10.6 Å². The van der Waals surface area contributed by atoms with Crippen molar-refractivity contribution in [3.05, 3.63) is 95.4 Å². The monoisotopic (exact) mass is 486 g/mol. The molecule has 33 heavy (non-hydrogen) atoms. The Morgan fingerprint density at radius 3 is 2.67 bits per heavy atom. The van der Waals surface area contributed by atoms with E-state index in [1.165, 1.54) is 35.1 Å². The molecule has 0 spiro atoms. The van der Waals surface area contributed by atoms with Gasteiger partial charge in [0.25, 0.3) is 5.56 Å². The molecule has 0 radical (unpaired) electrons. The molecule has 0 saturated heterocycles. The molecule has 0 amide bonds. The topological polar surface area (TPSA) is 69.9 Å². The third-order valence-electron chi connectivity index (χ3n) is 5.18. The molecule has 1 aliphatic rings. The average Bonchev–Trinajstić information content (AvgIpc) is 3.08. The second-order valence-electron chi connectivity index (χ2n) is 7.24. The van der Waals surface area contributed by atoms with Crippen LogP contribution in [-0.4, -0.2) is 24.3 Å². The van der Waals surface area contributed by atoms with Crippen LogP contribution in [-0.2, 0) is 9.53 Å². The molecule has 1 unspecified atom stereocenters. The van der Waals surface area contributed by atoms with Gasteiger partial charge in [-0.15, -0.1) is 0 Å². The quantitative estimate of drug-likeness (QED) is 0.517. The van der Waals surface area contributed by atoms with Gasteiger partial charge in [0.05, 0.1) is 35.6 Å². The van der Waals surface area contributed by atoms with Crippen molar-refractivity contribution in [2.75, 3.05) is 13.7 Å². The van der Waals surface area contributed by atoms with Gasteiger partial charge in [0.2, 0.25) is 0 Å². The van der Waals surface area contributed by atoms with Crippen molar-refractivity contribution < 1.29 is 18.7 Å². The third-order valence-corrected chi connectivity index (χ3v) is 6.40. The lowest BCUT2D eigenvalue weighted by Crippen LogP contribution is -2.39. The Morgan fingerprint density at radius 1 is 1.27 bits per heavy atom. The minimum atomic E-state index is -0.802. The Kier molecular flexibility index (Phi) is 6.49. The molecular weight excluding hydrogens is 467 g/mol. The van der Waals surface area contributed by atoms with Gasteiger partial charge in [-0.05, 0) is 55.8 Å². The highest BCUT2D eigenvalue weighted by molar-refractivity contribution is 7.07. The highest BCUT2D eigenvalue weighted by Gasteiger charge is 2.33. The average molecular weight is 487 g/mol. The Balaban J connectivity index is 1.97. The molecule has 6 nitrogen and oxygen atoms in total. The van der Waals surface area contributed by atoms with Crippen molar-refractivity contribution in [2.45, 2.75) is 19.9 Å². The summed E-state index contributed by atoms with van der Waals surface area (Å²) >= 11 is 7.32. The number of esters is 1. The standard InChI is InChI=1S/C24H20ClFN2O4S/c1-4-32-23(30)20-13(2)27-24-28(21(20)14-5-8-17(26)9-6-14)22(29)19(33-24)12-15-11-16(25)7-10-18(15)31-3/h5-12,21H,4H2,1-3H3/b19-12+. The van der Waals surface area contributed by atoms with E-state index in [0.29, 0.717) is 36.9 Å². The van der Waals surface area contributed by atoms with E-state index in [1.807, 2.05) is 0 Å². The molecule has 1 atom stereocenters. The summed E-state index contributed by atoms with van der Waals surface area (Å²) in [5, 5.41) is 0.499. The molecule has 2 aromatic carbocycles. The molecular formula is C24H20ClFN2O4S. The second kappa shape index (κ2) is 9.33. The smallest absolute Gasteiger partial charge is 0.338 e. The minimum absolute atomic E-state index is 0.171. The number of methoxy groups -OCH3 is 1. The maximum absolute atomic E-state index is 13.6. The van der Waals surface area contributed by atoms with E-state index in [9.17, 15) is 14.0 Å². The van der Waals surface area contributed by atoms with Gasteiger partial charge in [-0.1, -0.05) is 35.1 Å². The maximum Gasteiger partial charge on any atom is 0.338 e. The number of fused-ring (bicyclic) bond motifs is 1. The highest BCUT2D eigenvalue weighted by Crippen LogP contribution is 2.31. The number of hydrogen-bond acceptors (Lipinski definition) is 6. The zero-order valence-corrected chi connectivity index (χ0v) is 19.7. The van der Waals surface area contributed by atoms with Crippen LogP contribution in [0.4, 0.5) is 4.39 Å². The van der Waals surface area contributed by atoms with Crippen LogP contribution in [0.1, 0.15) is 31.0 Å². The summed E-state index contributed by atoms with van der Waals surface area (Å²) in [5.41, 5.74) is 1.54. The fourth-order valence-corrected chi connectivity index (χ4v) is 4.93. The van der Waals surface area contributed by atoms with Crippen LogP contribution in [0, 0.1) is 5.82 Å². The Hall–Kier alpha value is -3.23. The van der Waals surface area contributed by atoms with E-state index < -0.39 is 17.8 Å². The molecule has 3 aromatic rings. The van der Waals surface area contributed by atoms with Gasteiger partial charge < -0.3 is 9.47 Å². The maximum atomic E-state index is 13.6. The summed E-state index contributed by atoms with van der Waals surface area (Å²) in [5.74, 6) is -0.430. The number of nitrogens with zero attached hydrogens (tertiary/aromatic N) is 2. The zero-order chi connectivity index (χ0) is 23.7. The van der Waals surface area contributed by atoms with Crippen LogP contribution in [0.5, 0.6) is 5.75 Å². The molecule has 0 fully saturated rings. The van der Waals surface area contributed by atoms with Crippen LogP contribution in [0.25, 0.3) is 6.08 Å². The van der Waals surface area contributed by atoms with Gasteiger partial charge in [-0.3, -0.25) is 9.36 Å². The molecule has 9 heteroatoms. The molecule has 4 rings (SSSR count). The molecule has 0 aliphatic carbocycles. The predicted molar refractivity (Wildman–Crippen MR) is 125 cm³/mol. The Morgan fingerprint density at radius 2 is 2.00 bits per heavy atom. The predicted octanol–water partition coefficient (Wildman–Crippen LogP) is 3.60. The lowest BCUT2D eigenvalue weighted by molar-refractivity contribution is -0.139. The summed E-state index contributed by atoms with van der Waals surface area (Å²) < 4.78 is 26.1. The number of carbonyl (C=O) groups excluding carboxylic acids is 1. The molecule has 0 N–H and O–H groups in total. The normalized spacial score (nSPS) is 15.8. The minimum Gasteiger partial charge on any atom is -0.496 e. The van der Waals surface area contributed by atoms with Gasteiger partial charge >= 0.3 is 5.97 Å². The first kappa shape index (κ1) is 22.9. The summed E-state index contributed by atoms with van der Waals surface area (Å²) in [4.78, 5) is 31.3. The van der Waals surface area contributed by atoms with E-state index in [2.05, 4.69) is 4.99 Å². The van der Waals surface area contributed by atoms with Crippen LogP contribution < -0.4 is 19.6 Å².